The molecule has 1 saturated heterocycles. The molecular formula is C34H36FN5O4S. The van der Waals surface area contributed by atoms with E-state index in [4.69, 9.17) is 10.5 Å². The van der Waals surface area contributed by atoms with Gasteiger partial charge in [0.15, 0.2) is 5.69 Å². The van der Waals surface area contributed by atoms with E-state index in [9.17, 15) is 18.8 Å². The molecule has 3 aromatic carbocycles. The molecule has 3 amide bonds. The highest BCUT2D eigenvalue weighted by atomic mass is 32.1. The number of halogens is 1. The van der Waals surface area contributed by atoms with Gasteiger partial charge in [0.1, 0.15) is 16.7 Å². The van der Waals surface area contributed by atoms with Crippen LogP contribution in [0, 0.1) is 5.82 Å². The molecule has 2 fully saturated rings. The van der Waals surface area contributed by atoms with Crippen LogP contribution in [0.3, 0.4) is 0 Å². The zero-order chi connectivity index (χ0) is 31.3. The van der Waals surface area contributed by atoms with Crippen molar-refractivity contribution in [1.82, 2.24) is 15.0 Å². The summed E-state index contributed by atoms with van der Waals surface area (Å²) in [5, 5.41) is 7.57. The Morgan fingerprint density at radius 1 is 0.978 bits per heavy atom. The van der Waals surface area contributed by atoms with Crippen molar-refractivity contribution in [2.45, 2.75) is 63.1 Å². The van der Waals surface area contributed by atoms with Gasteiger partial charge >= 0.3 is 0 Å². The molecule has 1 aliphatic carbocycles. The smallest absolute Gasteiger partial charge is 0.273 e. The summed E-state index contributed by atoms with van der Waals surface area (Å²) < 4.78 is 24.1. The second-order valence-corrected chi connectivity index (χ2v) is 12.4. The van der Waals surface area contributed by atoms with Gasteiger partial charge in [0.2, 0.25) is 5.91 Å². The average molecular weight is 630 g/mol. The number of carbonyl (C=O) groups is 3. The topological polar surface area (TPSA) is 127 Å². The number of anilines is 2. The van der Waals surface area contributed by atoms with E-state index in [0.29, 0.717) is 17.9 Å². The van der Waals surface area contributed by atoms with Crippen LogP contribution in [0.4, 0.5) is 15.8 Å². The van der Waals surface area contributed by atoms with Crippen molar-refractivity contribution in [3.63, 3.8) is 0 Å². The Bertz CT molecular complexity index is 1680. The van der Waals surface area contributed by atoms with Crippen molar-refractivity contribution in [1.29, 1.82) is 0 Å². The van der Waals surface area contributed by atoms with Gasteiger partial charge in [-0.3, -0.25) is 19.3 Å². The van der Waals surface area contributed by atoms with Crippen LogP contribution in [0.25, 0.3) is 10.8 Å². The zero-order valence-electron chi connectivity index (χ0n) is 24.8. The molecule has 9 nitrogen and oxygen atoms in total. The van der Waals surface area contributed by atoms with Gasteiger partial charge in [-0.05, 0) is 66.4 Å². The Balaban J connectivity index is 1.42. The molecule has 4 N–H and O–H groups in total. The van der Waals surface area contributed by atoms with Crippen LogP contribution in [0.15, 0.2) is 66.7 Å². The van der Waals surface area contributed by atoms with Crippen LogP contribution in [0.2, 0.25) is 0 Å². The number of aromatic nitrogens is 1. The van der Waals surface area contributed by atoms with E-state index in [1.807, 2.05) is 36.4 Å². The Morgan fingerprint density at radius 3 is 2.49 bits per heavy atom. The summed E-state index contributed by atoms with van der Waals surface area (Å²) in [6.07, 6.45) is 6.59. The van der Waals surface area contributed by atoms with Gasteiger partial charge in [-0.25, -0.2) is 4.39 Å². The van der Waals surface area contributed by atoms with Gasteiger partial charge in [0.25, 0.3) is 11.8 Å². The van der Waals surface area contributed by atoms with Gasteiger partial charge in [-0.1, -0.05) is 67.8 Å². The molecule has 11 heteroatoms. The summed E-state index contributed by atoms with van der Waals surface area (Å²) in [7, 11) is 0. The minimum atomic E-state index is -1.20. The van der Waals surface area contributed by atoms with Crippen molar-refractivity contribution < 1.29 is 23.5 Å². The molecule has 1 aromatic heterocycles. The number of fused-ring (bicyclic) bond motifs is 1. The molecule has 0 bridgehead atoms. The number of rotatable bonds is 9. The Hall–Kier alpha value is -4.35. The van der Waals surface area contributed by atoms with Crippen LogP contribution in [-0.2, 0) is 9.53 Å². The second kappa shape index (κ2) is 13.7. The third-order valence-corrected chi connectivity index (χ3v) is 9.39. The van der Waals surface area contributed by atoms with Gasteiger partial charge in [0.05, 0.1) is 17.5 Å². The third kappa shape index (κ3) is 6.69. The lowest BCUT2D eigenvalue weighted by Crippen LogP contribution is -2.45. The van der Waals surface area contributed by atoms with E-state index in [-0.39, 0.29) is 34.9 Å². The van der Waals surface area contributed by atoms with E-state index in [2.05, 4.69) is 15.0 Å². The number of hydrogen-bond donors (Lipinski definition) is 3. The van der Waals surface area contributed by atoms with Crippen LogP contribution in [-0.4, -0.2) is 47.4 Å². The van der Waals surface area contributed by atoms with Crippen molar-refractivity contribution in [2.24, 2.45) is 0 Å². The maximum atomic E-state index is 14.7. The number of ether oxygens (including phenoxy) is 1. The first-order valence-electron chi connectivity index (χ1n) is 15.4. The Kier molecular flexibility index (Phi) is 9.37. The molecule has 2 aliphatic rings. The molecule has 1 aliphatic heterocycles. The molecule has 4 aromatic rings. The average Bonchev–Trinajstić information content (AvgIpc) is 3.73. The number of carbonyl (C=O) groups excluding carboxylic acids is 3. The summed E-state index contributed by atoms with van der Waals surface area (Å²) in [6, 6.07) is 17.4. The normalized spacial score (nSPS) is 17.6. The molecule has 0 spiro atoms. The lowest BCUT2D eigenvalue weighted by Gasteiger charge is -2.32. The minimum Gasteiger partial charge on any atom is -0.395 e. The number of nitrogen functional groups attached to an aromatic ring is 1. The number of nitrogens with zero attached hydrogens (tertiary/aromatic N) is 2. The monoisotopic (exact) mass is 629 g/mol. The van der Waals surface area contributed by atoms with Gasteiger partial charge < -0.3 is 21.1 Å². The first-order chi connectivity index (χ1) is 21.9. The fraction of sp³-hybridized carbons (Fsp3) is 0.353. The number of nitrogens with one attached hydrogen (secondary N) is 2. The third-order valence-electron chi connectivity index (χ3n) is 8.54. The first kappa shape index (κ1) is 30.7. The molecule has 0 radical (unpaired) electrons. The molecule has 6 rings (SSSR count). The van der Waals surface area contributed by atoms with Crippen LogP contribution in [0.5, 0.6) is 0 Å². The maximum Gasteiger partial charge on any atom is 0.273 e. The Morgan fingerprint density at radius 2 is 1.73 bits per heavy atom. The van der Waals surface area contributed by atoms with Crippen LogP contribution in [0.1, 0.15) is 76.7 Å². The first-order valence-corrected chi connectivity index (χ1v) is 16.2. The number of amides is 3. The van der Waals surface area contributed by atoms with Gasteiger partial charge in [-0.15, -0.1) is 0 Å². The summed E-state index contributed by atoms with van der Waals surface area (Å²) in [5.41, 5.74) is 7.30. The molecule has 1 saturated carbocycles. The maximum absolute atomic E-state index is 14.7. The number of benzene rings is 3. The van der Waals surface area contributed by atoms with Crippen molar-refractivity contribution in [3.05, 3.63) is 88.7 Å². The number of hydrogen-bond acceptors (Lipinski definition) is 7. The van der Waals surface area contributed by atoms with Crippen LogP contribution < -0.4 is 21.3 Å². The zero-order valence-corrected chi connectivity index (χ0v) is 25.7. The quantitative estimate of drug-likeness (QED) is 0.216. The van der Waals surface area contributed by atoms with E-state index < -0.39 is 29.6 Å². The highest BCUT2D eigenvalue weighted by Crippen LogP contribution is 2.37. The number of nitrogens with two attached hydrogens (primary N) is 1. The van der Waals surface area contributed by atoms with E-state index in [0.717, 1.165) is 67.3 Å². The highest BCUT2D eigenvalue weighted by Gasteiger charge is 2.37. The minimum absolute atomic E-state index is 0.00652. The molecule has 2 heterocycles. The fourth-order valence-electron chi connectivity index (χ4n) is 6.19. The lowest BCUT2D eigenvalue weighted by molar-refractivity contribution is -0.123. The van der Waals surface area contributed by atoms with Crippen molar-refractivity contribution >= 4 is 51.4 Å². The van der Waals surface area contributed by atoms with Crippen molar-refractivity contribution in [2.75, 3.05) is 23.8 Å². The van der Waals surface area contributed by atoms with Crippen LogP contribution >= 0.6 is 11.5 Å². The molecular weight excluding hydrogens is 593 g/mol. The summed E-state index contributed by atoms with van der Waals surface area (Å²) in [6.45, 7) is 0.895. The van der Waals surface area contributed by atoms with E-state index in [1.165, 1.54) is 29.2 Å². The second-order valence-electron chi connectivity index (χ2n) is 11.6. The van der Waals surface area contributed by atoms with Crippen molar-refractivity contribution in [3.8, 4) is 0 Å². The molecule has 45 heavy (non-hydrogen) atoms. The largest absolute Gasteiger partial charge is 0.395 e. The predicted octanol–water partition coefficient (Wildman–Crippen LogP) is 5.76. The fourth-order valence-corrected chi connectivity index (χ4v) is 6.92. The summed E-state index contributed by atoms with van der Waals surface area (Å²) >= 11 is 0.825. The predicted molar refractivity (Wildman–Crippen MR) is 173 cm³/mol. The standard InChI is InChI=1S/C34H36FN5O4S/c35-23-17-15-22(16-18-23)30(33(42)37-20-25-12-7-19-44-25)40(27-14-6-9-21-8-4-5-13-26(21)27)34(43)31-28(36)29(39-45-31)32(41)38-24-10-2-1-3-11-24/h4-6,8-9,13-18,24-25,30H,1-3,7,10-12,19-20,36H2,(H,37,42)(H,38,41)/t25-,30-/m1/s1. The molecule has 2 atom stereocenters. The van der Waals surface area contributed by atoms with Gasteiger partial charge in [-0.2, -0.15) is 4.37 Å². The highest BCUT2D eigenvalue weighted by molar-refractivity contribution is 7.09. The SMILES string of the molecule is Nc1c(C(=O)NC2CCCCC2)nsc1C(=O)N(c1cccc2ccccc12)[C@@H](C(=O)NC[C@H]1CCCO1)c1ccc(F)cc1. The van der Waals surface area contributed by atoms with Gasteiger partial charge in [0, 0.05) is 24.6 Å². The lowest BCUT2D eigenvalue weighted by atomic mass is 9.95. The summed E-state index contributed by atoms with van der Waals surface area (Å²) in [4.78, 5) is 43.4. The summed E-state index contributed by atoms with van der Waals surface area (Å²) in [5.74, 6) is -1.95. The molecule has 0 unspecified atom stereocenters. The Labute approximate surface area is 265 Å². The van der Waals surface area contributed by atoms with E-state index >= 15 is 0 Å². The molecule has 234 valence electrons. The van der Waals surface area contributed by atoms with E-state index in [1.54, 1.807) is 6.07 Å².